The molecule has 1 aromatic carbocycles. The van der Waals surface area contributed by atoms with Crippen LogP contribution in [0.3, 0.4) is 0 Å². The molecule has 0 aromatic heterocycles. The van der Waals surface area contributed by atoms with Gasteiger partial charge in [-0.2, -0.15) is 0 Å². The van der Waals surface area contributed by atoms with Crippen molar-refractivity contribution in [3.05, 3.63) is 34.3 Å². The molecule has 72 valence electrons. The highest BCUT2D eigenvalue weighted by atomic mass is 35.5. The lowest BCUT2D eigenvalue weighted by Gasteiger charge is -2.04. The Bertz CT molecular complexity index is 271. The number of hydrogen-bond acceptors (Lipinski definition) is 1. The van der Waals surface area contributed by atoms with E-state index in [0.717, 1.165) is 17.0 Å². The number of nitrogens with two attached hydrogens (primary N) is 1. The first-order chi connectivity index (χ1) is 6.27. The zero-order valence-corrected chi connectivity index (χ0v) is 8.77. The van der Waals surface area contributed by atoms with Gasteiger partial charge in [0.1, 0.15) is 0 Å². The topological polar surface area (TPSA) is 26.0 Å². The minimum absolute atomic E-state index is 0.527. The monoisotopic (exact) mass is 197 g/mol. The number of aryl methyl sites for hydroxylation is 1. The first-order valence-electron chi connectivity index (χ1n) is 4.75. The lowest BCUT2D eigenvalue weighted by Crippen LogP contribution is -1.98. The summed E-state index contributed by atoms with van der Waals surface area (Å²) in [5.41, 5.74) is 7.95. The number of hydrogen-bond donors (Lipinski definition) is 1. The van der Waals surface area contributed by atoms with Crippen molar-refractivity contribution < 1.29 is 0 Å². The van der Waals surface area contributed by atoms with Crippen LogP contribution in [0.4, 0.5) is 0 Å². The van der Waals surface area contributed by atoms with Gasteiger partial charge >= 0.3 is 0 Å². The Balaban J connectivity index is 2.74. The van der Waals surface area contributed by atoms with Crippen LogP contribution in [0.1, 0.15) is 30.9 Å². The molecule has 0 bridgehead atoms. The fourth-order valence-corrected chi connectivity index (χ4v) is 1.52. The lowest BCUT2D eigenvalue weighted by molar-refractivity contribution is 0.793. The predicted octanol–water partition coefficient (Wildman–Crippen LogP) is 3.14. The van der Waals surface area contributed by atoms with Crippen LogP contribution in [-0.2, 0) is 13.0 Å². The number of rotatable bonds is 4. The predicted molar refractivity (Wildman–Crippen MR) is 58.0 cm³/mol. The summed E-state index contributed by atoms with van der Waals surface area (Å²) in [5.74, 6) is 0. The maximum Gasteiger partial charge on any atom is 0.0451 e. The second-order valence-electron chi connectivity index (χ2n) is 3.23. The lowest BCUT2D eigenvalue weighted by atomic mass is 10.1. The van der Waals surface area contributed by atoms with Gasteiger partial charge in [0, 0.05) is 11.6 Å². The standard InChI is InChI=1S/C11H16ClN/c1-2-3-4-9-5-6-11(12)10(7-9)8-13/h5-7H,2-4,8,13H2,1H3. The first kappa shape index (κ1) is 10.6. The molecule has 0 fully saturated rings. The molecule has 1 nitrogen and oxygen atoms in total. The molecular formula is C11H16ClN. The number of unbranched alkanes of at least 4 members (excludes halogenated alkanes) is 1. The molecule has 1 rings (SSSR count). The van der Waals surface area contributed by atoms with E-state index in [1.54, 1.807) is 0 Å². The second-order valence-corrected chi connectivity index (χ2v) is 3.64. The van der Waals surface area contributed by atoms with E-state index in [2.05, 4.69) is 19.1 Å². The Labute approximate surface area is 84.9 Å². The van der Waals surface area contributed by atoms with Crippen LogP contribution in [0.15, 0.2) is 18.2 Å². The molecule has 0 aliphatic rings. The molecule has 0 saturated heterocycles. The van der Waals surface area contributed by atoms with Gasteiger partial charge in [-0.3, -0.25) is 0 Å². The van der Waals surface area contributed by atoms with Gasteiger partial charge in [-0.1, -0.05) is 37.1 Å². The van der Waals surface area contributed by atoms with Crippen LogP contribution in [0.5, 0.6) is 0 Å². The van der Waals surface area contributed by atoms with Crippen molar-refractivity contribution in [2.75, 3.05) is 0 Å². The van der Waals surface area contributed by atoms with Crippen molar-refractivity contribution in [1.82, 2.24) is 0 Å². The van der Waals surface area contributed by atoms with Gasteiger partial charge in [0.25, 0.3) is 0 Å². The molecule has 2 heteroatoms. The first-order valence-corrected chi connectivity index (χ1v) is 5.13. The quantitative estimate of drug-likeness (QED) is 0.789. The Morgan fingerprint density at radius 1 is 1.38 bits per heavy atom. The van der Waals surface area contributed by atoms with Crippen molar-refractivity contribution >= 4 is 11.6 Å². The van der Waals surface area contributed by atoms with Gasteiger partial charge in [-0.05, 0) is 30.0 Å². The van der Waals surface area contributed by atoms with Crippen LogP contribution in [0, 0.1) is 0 Å². The van der Waals surface area contributed by atoms with Crippen molar-refractivity contribution in [3.63, 3.8) is 0 Å². The van der Waals surface area contributed by atoms with Gasteiger partial charge in [0.05, 0.1) is 0 Å². The highest BCUT2D eigenvalue weighted by Crippen LogP contribution is 2.18. The number of halogens is 1. The molecule has 13 heavy (non-hydrogen) atoms. The van der Waals surface area contributed by atoms with Crippen molar-refractivity contribution in [2.24, 2.45) is 5.73 Å². The average molecular weight is 198 g/mol. The van der Waals surface area contributed by atoms with E-state index in [1.807, 2.05) is 6.07 Å². The zero-order chi connectivity index (χ0) is 9.68. The molecule has 0 unspecified atom stereocenters. The molecule has 1 aromatic rings. The molecule has 0 saturated carbocycles. The van der Waals surface area contributed by atoms with E-state index >= 15 is 0 Å². The largest absolute Gasteiger partial charge is 0.326 e. The summed E-state index contributed by atoms with van der Waals surface area (Å²) in [6.45, 7) is 2.72. The van der Waals surface area contributed by atoms with Crippen LogP contribution < -0.4 is 5.73 Å². The van der Waals surface area contributed by atoms with Gasteiger partial charge in [0.15, 0.2) is 0 Å². The summed E-state index contributed by atoms with van der Waals surface area (Å²) in [6.07, 6.45) is 3.58. The summed E-state index contributed by atoms with van der Waals surface area (Å²) in [6, 6.07) is 6.13. The zero-order valence-electron chi connectivity index (χ0n) is 8.02. The van der Waals surface area contributed by atoms with E-state index < -0.39 is 0 Å². The van der Waals surface area contributed by atoms with E-state index in [1.165, 1.54) is 18.4 Å². The van der Waals surface area contributed by atoms with Crippen molar-refractivity contribution in [1.29, 1.82) is 0 Å². The van der Waals surface area contributed by atoms with E-state index in [0.29, 0.717) is 6.54 Å². The Morgan fingerprint density at radius 2 is 2.15 bits per heavy atom. The van der Waals surface area contributed by atoms with Gasteiger partial charge < -0.3 is 5.73 Å². The summed E-state index contributed by atoms with van der Waals surface area (Å²) >= 11 is 5.95. The van der Waals surface area contributed by atoms with Gasteiger partial charge in [-0.15, -0.1) is 0 Å². The Morgan fingerprint density at radius 3 is 2.77 bits per heavy atom. The second kappa shape index (κ2) is 5.25. The van der Waals surface area contributed by atoms with Gasteiger partial charge in [-0.25, -0.2) is 0 Å². The Kier molecular flexibility index (Phi) is 4.26. The molecular weight excluding hydrogens is 182 g/mol. The smallest absolute Gasteiger partial charge is 0.0451 e. The third-order valence-corrected chi connectivity index (χ3v) is 2.52. The van der Waals surface area contributed by atoms with Crippen LogP contribution in [0.25, 0.3) is 0 Å². The fourth-order valence-electron chi connectivity index (χ4n) is 1.32. The molecule has 0 atom stereocenters. The van der Waals surface area contributed by atoms with Crippen molar-refractivity contribution in [3.8, 4) is 0 Å². The van der Waals surface area contributed by atoms with E-state index in [-0.39, 0.29) is 0 Å². The van der Waals surface area contributed by atoms with Gasteiger partial charge in [0.2, 0.25) is 0 Å². The minimum atomic E-state index is 0.527. The maximum atomic E-state index is 5.95. The highest BCUT2D eigenvalue weighted by molar-refractivity contribution is 6.31. The van der Waals surface area contributed by atoms with E-state index in [4.69, 9.17) is 17.3 Å². The molecule has 2 N–H and O–H groups in total. The summed E-state index contributed by atoms with van der Waals surface area (Å²) in [7, 11) is 0. The molecule has 0 aliphatic carbocycles. The Hall–Kier alpha value is -0.530. The van der Waals surface area contributed by atoms with Crippen LogP contribution in [0.2, 0.25) is 5.02 Å². The van der Waals surface area contributed by atoms with Crippen molar-refractivity contribution in [2.45, 2.75) is 32.7 Å². The molecule has 0 spiro atoms. The highest BCUT2D eigenvalue weighted by Gasteiger charge is 1.99. The summed E-state index contributed by atoms with van der Waals surface area (Å²) in [4.78, 5) is 0. The SMILES string of the molecule is CCCCc1ccc(Cl)c(CN)c1. The molecule has 0 amide bonds. The summed E-state index contributed by atoms with van der Waals surface area (Å²) in [5, 5.41) is 0.780. The maximum absolute atomic E-state index is 5.95. The molecule has 0 radical (unpaired) electrons. The fraction of sp³-hybridized carbons (Fsp3) is 0.455. The average Bonchev–Trinajstić information content (AvgIpc) is 2.16. The third kappa shape index (κ3) is 3.02. The minimum Gasteiger partial charge on any atom is -0.326 e. The normalized spacial score (nSPS) is 10.4. The van der Waals surface area contributed by atoms with Crippen LogP contribution >= 0.6 is 11.6 Å². The van der Waals surface area contributed by atoms with Crippen LogP contribution in [-0.4, -0.2) is 0 Å². The molecule has 0 aliphatic heterocycles. The van der Waals surface area contributed by atoms with E-state index in [9.17, 15) is 0 Å². The number of benzene rings is 1. The summed E-state index contributed by atoms with van der Waals surface area (Å²) < 4.78 is 0. The molecule has 0 heterocycles. The third-order valence-electron chi connectivity index (χ3n) is 2.15.